The van der Waals surface area contributed by atoms with Crippen molar-refractivity contribution in [2.24, 2.45) is 11.8 Å². The molecule has 1 unspecified atom stereocenters. The van der Waals surface area contributed by atoms with Gasteiger partial charge < -0.3 is 0 Å². The SMILES string of the molecule is NNC(c1cnsn1)C1CCCC1. The normalized spacial score (nSPS) is 20.7. The lowest BCUT2D eigenvalue weighted by molar-refractivity contribution is 0.368. The van der Waals surface area contributed by atoms with Crippen molar-refractivity contribution in [2.45, 2.75) is 31.7 Å². The Bertz CT molecular complexity index is 243. The fourth-order valence-corrected chi connectivity index (χ4v) is 2.52. The van der Waals surface area contributed by atoms with Crippen LogP contribution in [0.4, 0.5) is 0 Å². The quantitative estimate of drug-likeness (QED) is 0.566. The predicted molar refractivity (Wildman–Crippen MR) is 51.9 cm³/mol. The first kappa shape index (κ1) is 9.05. The van der Waals surface area contributed by atoms with E-state index in [0.29, 0.717) is 5.92 Å². The van der Waals surface area contributed by atoms with E-state index in [1.807, 2.05) is 6.20 Å². The minimum Gasteiger partial charge on any atom is -0.271 e. The molecule has 3 N–H and O–H groups in total. The van der Waals surface area contributed by atoms with Crippen LogP contribution >= 0.6 is 11.7 Å². The third-order valence-electron chi connectivity index (χ3n) is 2.75. The summed E-state index contributed by atoms with van der Waals surface area (Å²) in [4.78, 5) is 0. The summed E-state index contributed by atoms with van der Waals surface area (Å²) < 4.78 is 8.22. The molecule has 1 saturated carbocycles. The summed E-state index contributed by atoms with van der Waals surface area (Å²) in [5.41, 5.74) is 3.85. The molecule has 5 heteroatoms. The number of nitrogens with one attached hydrogen (secondary N) is 1. The molecule has 2 rings (SSSR count). The molecule has 1 atom stereocenters. The fraction of sp³-hybridized carbons (Fsp3) is 0.750. The minimum absolute atomic E-state index is 0.209. The van der Waals surface area contributed by atoms with Crippen molar-refractivity contribution >= 4 is 11.7 Å². The standard InChI is InChI=1S/C8H14N4S/c9-11-8(6-3-1-2-4-6)7-5-10-13-12-7/h5-6,8,11H,1-4,9H2. The summed E-state index contributed by atoms with van der Waals surface area (Å²) in [5, 5.41) is 0. The Morgan fingerprint density at radius 1 is 1.54 bits per heavy atom. The first-order valence-electron chi connectivity index (χ1n) is 4.65. The number of rotatable bonds is 3. The third kappa shape index (κ3) is 1.87. The lowest BCUT2D eigenvalue weighted by atomic mass is 9.96. The van der Waals surface area contributed by atoms with Gasteiger partial charge >= 0.3 is 0 Å². The molecule has 1 aliphatic rings. The fourth-order valence-electron chi connectivity index (χ4n) is 2.06. The second kappa shape index (κ2) is 4.13. The van der Waals surface area contributed by atoms with Crippen LogP contribution in [0, 0.1) is 5.92 Å². The molecule has 0 saturated heterocycles. The Hall–Kier alpha value is -0.520. The third-order valence-corrected chi connectivity index (χ3v) is 3.24. The first-order valence-corrected chi connectivity index (χ1v) is 5.38. The van der Waals surface area contributed by atoms with Gasteiger partial charge in [-0.15, -0.1) is 0 Å². The van der Waals surface area contributed by atoms with Gasteiger partial charge in [0.15, 0.2) is 0 Å². The lowest BCUT2D eigenvalue weighted by Gasteiger charge is -2.19. The zero-order chi connectivity index (χ0) is 9.10. The molecule has 0 radical (unpaired) electrons. The molecule has 1 aliphatic carbocycles. The maximum atomic E-state index is 5.53. The van der Waals surface area contributed by atoms with Crippen molar-refractivity contribution in [3.05, 3.63) is 11.9 Å². The van der Waals surface area contributed by atoms with Gasteiger partial charge in [-0.2, -0.15) is 8.75 Å². The average Bonchev–Trinajstić information content (AvgIpc) is 2.76. The monoisotopic (exact) mass is 198 g/mol. The average molecular weight is 198 g/mol. The van der Waals surface area contributed by atoms with E-state index in [2.05, 4.69) is 14.2 Å². The Labute approximate surface area is 81.8 Å². The predicted octanol–water partition coefficient (Wildman–Crippen LogP) is 1.23. The summed E-state index contributed by atoms with van der Waals surface area (Å²) in [7, 11) is 0. The van der Waals surface area contributed by atoms with Crippen molar-refractivity contribution in [1.29, 1.82) is 0 Å². The molecule has 13 heavy (non-hydrogen) atoms. The van der Waals surface area contributed by atoms with Crippen LogP contribution in [0.1, 0.15) is 37.4 Å². The van der Waals surface area contributed by atoms with Crippen LogP contribution in [0.15, 0.2) is 6.20 Å². The molecule has 0 amide bonds. The van der Waals surface area contributed by atoms with Crippen LogP contribution in [0.5, 0.6) is 0 Å². The highest BCUT2D eigenvalue weighted by molar-refractivity contribution is 6.99. The molecule has 1 aromatic heterocycles. The minimum atomic E-state index is 0.209. The largest absolute Gasteiger partial charge is 0.271 e. The summed E-state index contributed by atoms with van der Waals surface area (Å²) >= 11 is 1.25. The van der Waals surface area contributed by atoms with Crippen molar-refractivity contribution in [2.75, 3.05) is 0 Å². The van der Waals surface area contributed by atoms with Crippen molar-refractivity contribution in [1.82, 2.24) is 14.2 Å². The molecule has 0 aliphatic heterocycles. The van der Waals surface area contributed by atoms with Gasteiger partial charge in [0.2, 0.25) is 0 Å². The van der Waals surface area contributed by atoms with Gasteiger partial charge in [0.1, 0.15) is 0 Å². The van der Waals surface area contributed by atoms with Gasteiger partial charge in [-0.25, -0.2) is 0 Å². The second-order valence-electron chi connectivity index (χ2n) is 3.52. The molecule has 4 nitrogen and oxygen atoms in total. The van der Waals surface area contributed by atoms with Gasteiger partial charge in [-0.1, -0.05) is 12.8 Å². The van der Waals surface area contributed by atoms with E-state index in [1.54, 1.807) is 0 Å². The first-order chi connectivity index (χ1) is 6.42. The molecule has 1 heterocycles. The highest BCUT2D eigenvalue weighted by Crippen LogP contribution is 2.34. The maximum Gasteiger partial charge on any atom is 0.0928 e. The Kier molecular flexibility index (Phi) is 2.87. The van der Waals surface area contributed by atoms with Gasteiger partial charge in [0.05, 0.1) is 29.7 Å². The molecule has 1 aromatic rings. The Morgan fingerprint density at radius 3 is 2.85 bits per heavy atom. The van der Waals surface area contributed by atoms with Crippen LogP contribution in [0.25, 0.3) is 0 Å². The van der Waals surface area contributed by atoms with Crippen molar-refractivity contribution in [3.63, 3.8) is 0 Å². The lowest BCUT2D eigenvalue weighted by Crippen LogP contribution is -2.32. The van der Waals surface area contributed by atoms with E-state index in [9.17, 15) is 0 Å². The van der Waals surface area contributed by atoms with Crippen LogP contribution in [0.3, 0.4) is 0 Å². The number of nitrogens with zero attached hydrogens (tertiary/aromatic N) is 2. The molecule has 72 valence electrons. The van der Waals surface area contributed by atoms with Crippen LogP contribution < -0.4 is 11.3 Å². The molecule has 0 aromatic carbocycles. The molecule has 0 bridgehead atoms. The van der Waals surface area contributed by atoms with Gasteiger partial charge in [0.25, 0.3) is 0 Å². The zero-order valence-electron chi connectivity index (χ0n) is 7.44. The highest BCUT2D eigenvalue weighted by atomic mass is 32.1. The summed E-state index contributed by atoms with van der Waals surface area (Å²) in [6.07, 6.45) is 6.97. The molecule has 1 fully saturated rings. The maximum absolute atomic E-state index is 5.53. The van der Waals surface area contributed by atoms with E-state index < -0.39 is 0 Å². The molecule has 0 spiro atoms. The smallest absolute Gasteiger partial charge is 0.0928 e. The van der Waals surface area contributed by atoms with Crippen molar-refractivity contribution in [3.8, 4) is 0 Å². The number of aromatic nitrogens is 2. The van der Waals surface area contributed by atoms with Crippen LogP contribution in [0.2, 0.25) is 0 Å². The Balaban J connectivity index is 2.08. The topological polar surface area (TPSA) is 63.8 Å². The van der Waals surface area contributed by atoms with E-state index in [0.717, 1.165) is 5.69 Å². The van der Waals surface area contributed by atoms with E-state index in [4.69, 9.17) is 5.84 Å². The van der Waals surface area contributed by atoms with E-state index >= 15 is 0 Å². The summed E-state index contributed by atoms with van der Waals surface area (Å²) in [6, 6.07) is 0.209. The number of hydrogen-bond acceptors (Lipinski definition) is 5. The zero-order valence-corrected chi connectivity index (χ0v) is 8.26. The van der Waals surface area contributed by atoms with Gasteiger partial charge in [0, 0.05) is 0 Å². The molecular weight excluding hydrogens is 184 g/mol. The summed E-state index contributed by atoms with van der Waals surface area (Å²) in [5.74, 6) is 6.18. The second-order valence-corrected chi connectivity index (χ2v) is 4.08. The van der Waals surface area contributed by atoms with Crippen molar-refractivity contribution < 1.29 is 0 Å². The van der Waals surface area contributed by atoms with Crippen LogP contribution in [-0.4, -0.2) is 8.75 Å². The number of nitrogens with two attached hydrogens (primary N) is 1. The van der Waals surface area contributed by atoms with E-state index in [1.165, 1.54) is 37.4 Å². The van der Waals surface area contributed by atoms with Gasteiger partial charge in [-0.05, 0) is 18.8 Å². The number of hydrogen-bond donors (Lipinski definition) is 2. The highest BCUT2D eigenvalue weighted by Gasteiger charge is 2.26. The van der Waals surface area contributed by atoms with Crippen LogP contribution in [-0.2, 0) is 0 Å². The van der Waals surface area contributed by atoms with Gasteiger partial charge in [-0.3, -0.25) is 11.3 Å². The Morgan fingerprint density at radius 2 is 2.31 bits per heavy atom. The molecular formula is C8H14N4S. The van der Waals surface area contributed by atoms with E-state index in [-0.39, 0.29) is 6.04 Å². The number of hydrazine groups is 1. The summed E-state index contributed by atoms with van der Waals surface area (Å²) in [6.45, 7) is 0.